The summed E-state index contributed by atoms with van der Waals surface area (Å²) in [5.74, 6) is 0. The number of aromatic nitrogens is 7. The maximum atomic E-state index is 12.1. The van der Waals surface area contributed by atoms with Gasteiger partial charge in [0.25, 0.3) is 11.1 Å². The summed E-state index contributed by atoms with van der Waals surface area (Å²) in [5.41, 5.74) is -2.27. The van der Waals surface area contributed by atoms with Gasteiger partial charge in [0.05, 0.1) is 12.9 Å². The summed E-state index contributed by atoms with van der Waals surface area (Å²) < 4.78 is 6.71. The number of rotatable bonds is 4. The molecule has 1 aliphatic heterocycles. The first-order chi connectivity index (χ1) is 13.4. The highest BCUT2D eigenvalue weighted by molar-refractivity contribution is 7.99. The molecule has 1 fully saturated rings. The molecule has 1 aliphatic rings. The number of nitrogens with one attached hydrogen (secondary N) is 3. The van der Waals surface area contributed by atoms with E-state index >= 15 is 0 Å². The molecule has 3 aromatic rings. The highest BCUT2D eigenvalue weighted by Crippen LogP contribution is 2.35. The monoisotopic (exact) mass is 411 g/mol. The second kappa shape index (κ2) is 6.95. The SMILES string of the molecule is O=c1[nH]nc(Sc2nc3c(=O)[nH]cnc3n2[C@H]2O[C@@H](CO)[C@@H](O)[C@@H]2O)c(=O)[nH]1. The second-order valence-electron chi connectivity index (χ2n) is 5.81. The Hall–Kier alpha value is -2.85. The predicted molar refractivity (Wildman–Crippen MR) is 90.8 cm³/mol. The fourth-order valence-electron chi connectivity index (χ4n) is 2.79. The lowest BCUT2D eigenvalue weighted by Gasteiger charge is -2.18. The van der Waals surface area contributed by atoms with Crippen molar-refractivity contribution in [2.45, 2.75) is 34.7 Å². The summed E-state index contributed by atoms with van der Waals surface area (Å²) in [5, 5.41) is 35.2. The number of hydrogen-bond donors (Lipinski definition) is 6. The quantitative estimate of drug-likeness (QED) is 0.249. The van der Waals surface area contributed by atoms with Crippen LogP contribution in [0.3, 0.4) is 0 Å². The summed E-state index contributed by atoms with van der Waals surface area (Å²) in [4.78, 5) is 47.7. The van der Waals surface area contributed by atoms with Gasteiger partial charge in [-0.15, -0.1) is 0 Å². The van der Waals surface area contributed by atoms with Crippen LogP contribution in [0.1, 0.15) is 6.23 Å². The van der Waals surface area contributed by atoms with Crippen LogP contribution in [0.2, 0.25) is 0 Å². The molecule has 15 heteroatoms. The number of aliphatic hydroxyl groups excluding tert-OH is 3. The van der Waals surface area contributed by atoms with Gasteiger partial charge in [-0.05, 0) is 11.8 Å². The lowest BCUT2D eigenvalue weighted by atomic mass is 10.1. The predicted octanol–water partition coefficient (Wildman–Crippen LogP) is -3.35. The number of H-pyrrole nitrogens is 3. The zero-order chi connectivity index (χ0) is 20.0. The summed E-state index contributed by atoms with van der Waals surface area (Å²) >= 11 is 0.682. The van der Waals surface area contributed by atoms with E-state index in [4.69, 9.17) is 4.74 Å². The van der Waals surface area contributed by atoms with Crippen molar-refractivity contribution in [1.82, 2.24) is 34.7 Å². The lowest BCUT2D eigenvalue weighted by Crippen LogP contribution is -2.33. The minimum Gasteiger partial charge on any atom is -0.394 e. The summed E-state index contributed by atoms with van der Waals surface area (Å²) in [6, 6.07) is 0. The standard InChI is InChI=1S/C13H13N7O7S/c21-1-3-5(22)6(23)11(27-3)20-7-4(8(24)15-2-14-7)16-13(20)28-10-9(25)17-12(26)19-18-10/h2-3,5-6,11,21-23H,1H2,(H,14,15,24)(H2,17,19,25,26)/t3-,5+,6-,11-/m0/s1. The van der Waals surface area contributed by atoms with Crippen LogP contribution in [0.5, 0.6) is 0 Å². The molecular formula is C13H13N7O7S. The van der Waals surface area contributed by atoms with E-state index < -0.39 is 48.0 Å². The van der Waals surface area contributed by atoms with Crippen LogP contribution in [0.4, 0.5) is 0 Å². The maximum Gasteiger partial charge on any atom is 0.342 e. The van der Waals surface area contributed by atoms with E-state index in [-0.39, 0.29) is 21.3 Å². The van der Waals surface area contributed by atoms with Crippen LogP contribution in [0, 0.1) is 0 Å². The number of fused-ring (bicyclic) bond motifs is 1. The Bertz CT molecular complexity index is 1200. The molecule has 1 saturated heterocycles. The number of ether oxygens (including phenoxy) is 1. The van der Waals surface area contributed by atoms with Gasteiger partial charge in [-0.1, -0.05) is 0 Å². The Labute approximate surface area is 157 Å². The van der Waals surface area contributed by atoms with Gasteiger partial charge in [-0.3, -0.25) is 19.1 Å². The van der Waals surface area contributed by atoms with E-state index in [1.807, 2.05) is 4.98 Å². The lowest BCUT2D eigenvalue weighted by molar-refractivity contribution is -0.0548. The molecule has 4 atom stereocenters. The maximum absolute atomic E-state index is 12.1. The van der Waals surface area contributed by atoms with Crippen LogP contribution >= 0.6 is 11.8 Å². The fraction of sp³-hybridized carbons (Fsp3) is 0.385. The molecule has 0 spiro atoms. The summed E-state index contributed by atoms with van der Waals surface area (Å²) in [6.07, 6.45) is -4.09. The number of nitrogens with zero attached hydrogens (tertiary/aromatic N) is 4. The minimum absolute atomic E-state index is 0.0147. The van der Waals surface area contributed by atoms with Crippen LogP contribution in [-0.4, -0.2) is 74.9 Å². The van der Waals surface area contributed by atoms with Gasteiger partial charge >= 0.3 is 5.69 Å². The van der Waals surface area contributed by atoms with Gasteiger partial charge in [0.1, 0.15) is 18.3 Å². The van der Waals surface area contributed by atoms with Gasteiger partial charge in [-0.2, -0.15) is 5.10 Å². The molecule has 0 bridgehead atoms. The molecule has 4 rings (SSSR count). The average molecular weight is 411 g/mol. The first-order valence-electron chi connectivity index (χ1n) is 7.85. The van der Waals surface area contributed by atoms with E-state index in [0.29, 0.717) is 11.8 Å². The normalized spacial score (nSPS) is 24.8. The van der Waals surface area contributed by atoms with Crippen molar-refractivity contribution in [3.63, 3.8) is 0 Å². The summed E-state index contributed by atoms with van der Waals surface area (Å²) in [7, 11) is 0. The van der Waals surface area contributed by atoms with Gasteiger partial charge in [-0.25, -0.2) is 19.9 Å². The molecular weight excluding hydrogens is 398 g/mol. The molecule has 28 heavy (non-hydrogen) atoms. The largest absolute Gasteiger partial charge is 0.394 e. The van der Waals surface area contributed by atoms with E-state index in [0.717, 1.165) is 6.33 Å². The van der Waals surface area contributed by atoms with Crippen molar-refractivity contribution in [1.29, 1.82) is 0 Å². The molecule has 0 saturated carbocycles. The van der Waals surface area contributed by atoms with Gasteiger partial charge < -0.3 is 25.0 Å². The number of aliphatic hydroxyl groups is 3. The highest BCUT2D eigenvalue weighted by Gasteiger charge is 2.45. The van der Waals surface area contributed by atoms with Crippen molar-refractivity contribution >= 4 is 22.9 Å². The molecule has 148 valence electrons. The number of aromatic amines is 3. The molecule has 4 heterocycles. The van der Waals surface area contributed by atoms with E-state index in [1.165, 1.54) is 4.57 Å². The van der Waals surface area contributed by atoms with Crippen LogP contribution in [0.25, 0.3) is 11.2 Å². The third-order valence-corrected chi connectivity index (χ3v) is 5.03. The van der Waals surface area contributed by atoms with Crippen LogP contribution < -0.4 is 16.8 Å². The molecule has 6 N–H and O–H groups in total. The first kappa shape index (κ1) is 18.5. The summed E-state index contributed by atoms with van der Waals surface area (Å²) in [6.45, 7) is -0.557. The minimum atomic E-state index is -1.48. The molecule has 14 nitrogen and oxygen atoms in total. The zero-order valence-electron chi connectivity index (χ0n) is 13.8. The Kier molecular flexibility index (Phi) is 4.60. The Balaban J connectivity index is 1.88. The second-order valence-corrected chi connectivity index (χ2v) is 6.77. The third kappa shape index (κ3) is 2.94. The molecule has 0 aromatic carbocycles. The average Bonchev–Trinajstić information content (AvgIpc) is 3.16. The fourth-order valence-corrected chi connectivity index (χ4v) is 3.62. The van der Waals surface area contributed by atoms with E-state index in [1.54, 1.807) is 0 Å². The molecule has 3 aromatic heterocycles. The molecule has 0 unspecified atom stereocenters. The van der Waals surface area contributed by atoms with Gasteiger partial charge in [0.15, 0.2) is 27.6 Å². The molecule has 0 aliphatic carbocycles. The van der Waals surface area contributed by atoms with Crippen molar-refractivity contribution in [3.05, 3.63) is 37.5 Å². The molecule has 0 amide bonds. The van der Waals surface area contributed by atoms with Crippen molar-refractivity contribution in [3.8, 4) is 0 Å². The Morgan fingerprint density at radius 2 is 2.00 bits per heavy atom. The van der Waals surface area contributed by atoms with E-state index in [2.05, 4.69) is 25.1 Å². The Morgan fingerprint density at radius 1 is 1.21 bits per heavy atom. The van der Waals surface area contributed by atoms with Gasteiger partial charge in [0.2, 0.25) is 0 Å². The van der Waals surface area contributed by atoms with Crippen molar-refractivity contribution in [2.75, 3.05) is 6.61 Å². The zero-order valence-corrected chi connectivity index (χ0v) is 14.6. The van der Waals surface area contributed by atoms with Crippen LogP contribution in [-0.2, 0) is 4.74 Å². The van der Waals surface area contributed by atoms with Crippen molar-refractivity contribution in [2.24, 2.45) is 0 Å². The Morgan fingerprint density at radius 3 is 2.68 bits per heavy atom. The van der Waals surface area contributed by atoms with Gasteiger partial charge in [0, 0.05) is 0 Å². The van der Waals surface area contributed by atoms with Crippen LogP contribution in [0.15, 0.2) is 30.9 Å². The highest BCUT2D eigenvalue weighted by atomic mass is 32.2. The topological polar surface area (TPSA) is 212 Å². The third-order valence-electron chi connectivity index (χ3n) is 4.09. The first-order valence-corrected chi connectivity index (χ1v) is 8.67. The smallest absolute Gasteiger partial charge is 0.342 e. The molecule has 0 radical (unpaired) electrons. The van der Waals surface area contributed by atoms with Crippen molar-refractivity contribution < 1.29 is 20.1 Å². The van der Waals surface area contributed by atoms with E-state index in [9.17, 15) is 29.7 Å². The number of hydrogen-bond acceptors (Lipinski definition) is 11. The number of imidazole rings is 1.